The van der Waals surface area contributed by atoms with Gasteiger partial charge in [-0.05, 0) is 40.7 Å². The standard InChI is InChI=1S/C11H15BrN2OS/c1-3-16-7-8(2)14-11(15)9-4-5-10(12)13-6-9/h4-6,8H,3,7H2,1-2H3,(H,14,15). The SMILES string of the molecule is CCSCC(C)NC(=O)c1ccc(Br)nc1. The number of hydrogen-bond acceptors (Lipinski definition) is 3. The second kappa shape index (κ2) is 6.91. The van der Waals surface area contributed by atoms with E-state index in [1.807, 2.05) is 18.7 Å². The van der Waals surface area contributed by atoms with Gasteiger partial charge in [0.15, 0.2) is 0 Å². The number of carbonyl (C=O) groups is 1. The molecule has 0 aliphatic rings. The molecule has 0 spiro atoms. The summed E-state index contributed by atoms with van der Waals surface area (Å²) in [6, 6.07) is 3.70. The Hall–Kier alpha value is -0.550. The number of amides is 1. The molecule has 1 N–H and O–H groups in total. The van der Waals surface area contributed by atoms with Gasteiger partial charge in [0.25, 0.3) is 5.91 Å². The lowest BCUT2D eigenvalue weighted by Crippen LogP contribution is -2.34. The molecule has 1 amide bonds. The number of hydrogen-bond donors (Lipinski definition) is 1. The first-order valence-corrected chi connectivity index (χ1v) is 7.08. The molecule has 0 radical (unpaired) electrons. The lowest BCUT2D eigenvalue weighted by atomic mass is 10.2. The summed E-state index contributed by atoms with van der Waals surface area (Å²) in [6.45, 7) is 4.12. The lowest BCUT2D eigenvalue weighted by molar-refractivity contribution is 0.0943. The van der Waals surface area contributed by atoms with Crippen LogP contribution in [0.5, 0.6) is 0 Å². The Balaban J connectivity index is 2.48. The molecule has 1 aromatic rings. The number of aromatic nitrogens is 1. The van der Waals surface area contributed by atoms with E-state index >= 15 is 0 Å². The third-order valence-electron chi connectivity index (χ3n) is 1.94. The number of nitrogens with zero attached hydrogens (tertiary/aromatic N) is 1. The lowest BCUT2D eigenvalue weighted by Gasteiger charge is -2.12. The predicted octanol–water partition coefficient (Wildman–Crippen LogP) is 2.72. The average molecular weight is 303 g/mol. The smallest absolute Gasteiger partial charge is 0.253 e. The number of halogens is 1. The van der Waals surface area contributed by atoms with Gasteiger partial charge in [-0.1, -0.05) is 6.92 Å². The topological polar surface area (TPSA) is 42.0 Å². The first kappa shape index (κ1) is 13.5. The van der Waals surface area contributed by atoms with Gasteiger partial charge in [0.2, 0.25) is 0 Å². The summed E-state index contributed by atoms with van der Waals surface area (Å²) < 4.78 is 0.735. The van der Waals surface area contributed by atoms with Gasteiger partial charge in [-0.15, -0.1) is 0 Å². The summed E-state index contributed by atoms with van der Waals surface area (Å²) in [4.78, 5) is 15.8. The largest absolute Gasteiger partial charge is 0.349 e. The van der Waals surface area contributed by atoms with Crippen LogP contribution in [0, 0.1) is 0 Å². The zero-order valence-corrected chi connectivity index (χ0v) is 11.8. The Morgan fingerprint density at radius 2 is 2.38 bits per heavy atom. The van der Waals surface area contributed by atoms with Crippen LogP contribution in [0.15, 0.2) is 22.9 Å². The highest BCUT2D eigenvalue weighted by Gasteiger charge is 2.09. The van der Waals surface area contributed by atoms with Gasteiger partial charge in [-0.25, -0.2) is 4.98 Å². The van der Waals surface area contributed by atoms with Crippen LogP contribution in [0.2, 0.25) is 0 Å². The molecule has 0 aromatic carbocycles. The molecule has 1 aromatic heterocycles. The van der Waals surface area contributed by atoms with E-state index < -0.39 is 0 Å². The molecule has 0 bridgehead atoms. The average Bonchev–Trinajstić information content (AvgIpc) is 2.27. The van der Waals surface area contributed by atoms with E-state index in [-0.39, 0.29) is 11.9 Å². The van der Waals surface area contributed by atoms with Crippen LogP contribution in [-0.4, -0.2) is 28.4 Å². The normalized spacial score (nSPS) is 12.2. The van der Waals surface area contributed by atoms with Crippen LogP contribution < -0.4 is 5.32 Å². The van der Waals surface area contributed by atoms with Gasteiger partial charge in [0.1, 0.15) is 4.60 Å². The minimum absolute atomic E-state index is 0.0656. The highest BCUT2D eigenvalue weighted by atomic mass is 79.9. The fourth-order valence-corrected chi connectivity index (χ4v) is 2.06. The van der Waals surface area contributed by atoms with Crippen molar-refractivity contribution in [1.29, 1.82) is 0 Å². The quantitative estimate of drug-likeness (QED) is 0.851. The molecular formula is C11H15BrN2OS. The van der Waals surface area contributed by atoms with Crippen molar-refractivity contribution in [3.8, 4) is 0 Å². The molecule has 0 aliphatic heterocycles. The molecule has 1 heterocycles. The van der Waals surface area contributed by atoms with Gasteiger partial charge in [0.05, 0.1) is 5.56 Å². The van der Waals surface area contributed by atoms with E-state index in [1.54, 1.807) is 18.3 Å². The molecule has 16 heavy (non-hydrogen) atoms. The molecule has 5 heteroatoms. The van der Waals surface area contributed by atoms with Gasteiger partial charge in [0, 0.05) is 18.0 Å². The van der Waals surface area contributed by atoms with E-state index in [0.717, 1.165) is 16.1 Å². The molecule has 0 saturated heterocycles. The molecule has 88 valence electrons. The van der Waals surface area contributed by atoms with Gasteiger partial charge in [-0.2, -0.15) is 11.8 Å². The Morgan fingerprint density at radius 3 is 2.94 bits per heavy atom. The monoisotopic (exact) mass is 302 g/mol. The Morgan fingerprint density at radius 1 is 1.62 bits per heavy atom. The minimum Gasteiger partial charge on any atom is -0.349 e. The number of rotatable bonds is 5. The summed E-state index contributed by atoms with van der Waals surface area (Å²) in [7, 11) is 0. The van der Waals surface area contributed by atoms with Gasteiger partial charge in [-0.3, -0.25) is 4.79 Å². The van der Waals surface area contributed by atoms with Crippen molar-refractivity contribution in [2.45, 2.75) is 19.9 Å². The van der Waals surface area contributed by atoms with Crippen molar-refractivity contribution in [2.75, 3.05) is 11.5 Å². The third-order valence-corrected chi connectivity index (χ3v) is 3.55. The van der Waals surface area contributed by atoms with Gasteiger partial charge >= 0.3 is 0 Å². The summed E-state index contributed by atoms with van der Waals surface area (Å²) in [6.07, 6.45) is 1.57. The van der Waals surface area contributed by atoms with Gasteiger partial charge < -0.3 is 5.32 Å². The number of thioether (sulfide) groups is 1. The first-order valence-electron chi connectivity index (χ1n) is 5.13. The van der Waals surface area contributed by atoms with Crippen molar-refractivity contribution in [3.05, 3.63) is 28.5 Å². The first-order chi connectivity index (χ1) is 7.63. The molecule has 1 rings (SSSR count). The Labute approximate surface area is 109 Å². The van der Waals surface area contributed by atoms with E-state index in [1.165, 1.54) is 0 Å². The van der Waals surface area contributed by atoms with Crippen LogP contribution in [0.4, 0.5) is 0 Å². The fraction of sp³-hybridized carbons (Fsp3) is 0.455. The zero-order valence-electron chi connectivity index (χ0n) is 9.37. The van der Waals surface area contributed by atoms with E-state index in [9.17, 15) is 4.79 Å². The Kier molecular flexibility index (Phi) is 5.84. The maximum atomic E-state index is 11.8. The number of carbonyl (C=O) groups excluding carboxylic acids is 1. The van der Waals surface area contributed by atoms with Crippen LogP contribution in [-0.2, 0) is 0 Å². The minimum atomic E-state index is -0.0656. The van der Waals surface area contributed by atoms with Crippen LogP contribution in [0.25, 0.3) is 0 Å². The molecule has 1 atom stereocenters. The molecule has 0 fully saturated rings. The van der Waals surface area contributed by atoms with E-state index in [2.05, 4.69) is 33.2 Å². The van der Waals surface area contributed by atoms with E-state index in [4.69, 9.17) is 0 Å². The maximum absolute atomic E-state index is 11.8. The molecular weight excluding hydrogens is 288 g/mol. The van der Waals surface area contributed by atoms with Crippen molar-refractivity contribution in [2.24, 2.45) is 0 Å². The molecule has 0 aliphatic carbocycles. The highest BCUT2D eigenvalue weighted by molar-refractivity contribution is 9.10. The molecule has 1 unspecified atom stereocenters. The van der Waals surface area contributed by atoms with Crippen molar-refractivity contribution in [1.82, 2.24) is 10.3 Å². The van der Waals surface area contributed by atoms with Crippen molar-refractivity contribution < 1.29 is 4.79 Å². The van der Waals surface area contributed by atoms with Crippen molar-refractivity contribution in [3.63, 3.8) is 0 Å². The molecule has 3 nitrogen and oxygen atoms in total. The summed E-state index contributed by atoms with van der Waals surface area (Å²) in [5, 5.41) is 2.94. The third kappa shape index (κ3) is 4.53. The van der Waals surface area contributed by atoms with Crippen LogP contribution in [0.3, 0.4) is 0 Å². The zero-order chi connectivity index (χ0) is 12.0. The predicted molar refractivity (Wildman–Crippen MR) is 71.9 cm³/mol. The van der Waals surface area contributed by atoms with Crippen LogP contribution in [0.1, 0.15) is 24.2 Å². The second-order valence-corrected chi connectivity index (χ2v) is 5.53. The second-order valence-electron chi connectivity index (χ2n) is 3.40. The maximum Gasteiger partial charge on any atom is 0.253 e. The number of pyridine rings is 1. The molecule has 0 saturated carbocycles. The Bertz CT molecular complexity index is 342. The van der Waals surface area contributed by atoms with Crippen LogP contribution >= 0.6 is 27.7 Å². The number of nitrogens with one attached hydrogen (secondary N) is 1. The van der Waals surface area contributed by atoms with Crippen molar-refractivity contribution >= 4 is 33.6 Å². The highest BCUT2D eigenvalue weighted by Crippen LogP contribution is 2.07. The summed E-state index contributed by atoms with van der Waals surface area (Å²) in [5.74, 6) is 1.94. The van der Waals surface area contributed by atoms with E-state index in [0.29, 0.717) is 5.56 Å². The fourth-order valence-electron chi connectivity index (χ4n) is 1.15. The summed E-state index contributed by atoms with van der Waals surface area (Å²) >= 11 is 5.05. The summed E-state index contributed by atoms with van der Waals surface area (Å²) in [5.41, 5.74) is 0.594.